The lowest BCUT2D eigenvalue weighted by Crippen LogP contribution is -2.30. The highest BCUT2D eigenvalue weighted by atomic mass is 31.2. The molecule has 0 heterocycles. The van der Waals surface area contributed by atoms with Crippen molar-refractivity contribution in [2.24, 2.45) is 23.7 Å². The molecule has 0 aliphatic carbocycles. The predicted octanol–water partition coefficient (Wildman–Crippen LogP) is 24.8. The third kappa shape index (κ3) is 74.9. The molecular formula is C83H162O17P2. The molecule has 0 fully saturated rings. The van der Waals surface area contributed by atoms with E-state index in [-0.39, 0.29) is 25.7 Å². The van der Waals surface area contributed by atoms with Gasteiger partial charge in [0.1, 0.15) is 19.3 Å². The molecule has 3 N–H and O–H groups in total. The fourth-order valence-electron chi connectivity index (χ4n) is 12.8. The number of aliphatic hydroxyl groups excluding tert-OH is 1. The quantitative estimate of drug-likeness (QED) is 0.0222. The van der Waals surface area contributed by atoms with Gasteiger partial charge in [-0.15, -0.1) is 0 Å². The Morgan fingerprint density at radius 3 is 0.696 bits per heavy atom. The van der Waals surface area contributed by atoms with Crippen LogP contribution in [0.4, 0.5) is 0 Å². The lowest BCUT2D eigenvalue weighted by Gasteiger charge is -2.21. The maximum absolute atomic E-state index is 13.1. The number of carbonyl (C=O) groups excluding carboxylic acids is 4. The Hall–Kier alpha value is -1.94. The average Bonchev–Trinajstić information content (AvgIpc) is 0.952. The number of hydrogen-bond donors (Lipinski definition) is 3. The third-order valence-corrected chi connectivity index (χ3v) is 21.6. The number of rotatable bonds is 80. The molecule has 0 saturated carbocycles. The minimum Gasteiger partial charge on any atom is -0.462 e. The number of ether oxygens (including phenoxy) is 4. The Balaban J connectivity index is 5.18. The lowest BCUT2D eigenvalue weighted by atomic mass is 9.99. The van der Waals surface area contributed by atoms with Gasteiger partial charge in [0.05, 0.1) is 26.4 Å². The van der Waals surface area contributed by atoms with E-state index in [4.69, 9.17) is 37.0 Å². The Bertz CT molecular complexity index is 1990. The molecule has 0 aliphatic heterocycles. The molecule has 0 amide bonds. The molecule has 6 atom stereocenters. The standard InChI is InChI=1S/C83H162O17P2/c1-9-76(8)62-54-46-37-31-25-19-14-12-10-11-13-15-20-26-32-38-47-55-63-80(85)93-69-78(99-83(88)66-58-50-40-34-28-22-24-30-36-44-52-60-74(4)5)71-97-101(89,90)95-67-77(84)68-96-102(91,92)98-72-79(70-94-81(86)64-56-48-42-41-45-53-61-75(6)7)100-82(87)65-57-49-39-33-27-21-17-16-18-23-29-35-43-51-59-73(2)3/h73-79,84H,9-72H2,1-8H3,(H,89,90)(H,91,92)/t76?,77-,78-,79-/m1/s1. The minimum atomic E-state index is -4.96. The molecule has 3 unspecified atom stereocenters. The van der Waals surface area contributed by atoms with Crippen molar-refractivity contribution in [3.63, 3.8) is 0 Å². The molecular weight excluding hydrogens is 1330 g/mol. The van der Waals surface area contributed by atoms with Crippen LogP contribution in [-0.2, 0) is 65.4 Å². The normalized spacial score (nSPS) is 14.3. The summed E-state index contributed by atoms with van der Waals surface area (Å²) in [7, 11) is -9.92. The largest absolute Gasteiger partial charge is 0.472 e. The first-order valence-electron chi connectivity index (χ1n) is 42.7. The van der Waals surface area contributed by atoms with Crippen molar-refractivity contribution in [1.29, 1.82) is 0 Å². The van der Waals surface area contributed by atoms with Crippen molar-refractivity contribution in [1.82, 2.24) is 0 Å². The summed E-state index contributed by atoms with van der Waals surface area (Å²) >= 11 is 0. The molecule has 0 saturated heterocycles. The van der Waals surface area contributed by atoms with Gasteiger partial charge >= 0.3 is 39.5 Å². The van der Waals surface area contributed by atoms with Crippen LogP contribution in [-0.4, -0.2) is 96.7 Å². The van der Waals surface area contributed by atoms with Crippen LogP contribution in [0, 0.1) is 23.7 Å². The number of aliphatic hydroxyl groups is 1. The molecule has 102 heavy (non-hydrogen) atoms. The highest BCUT2D eigenvalue weighted by molar-refractivity contribution is 7.47. The summed E-state index contributed by atoms with van der Waals surface area (Å²) in [6, 6.07) is 0. The minimum absolute atomic E-state index is 0.106. The SMILES string of the molecule is CCC(C)CCCCCCCCCCCCCCCCCCCCC(=O)OC[C@H](COP(=O)(O)OC[C@@H](O)COP(=O)(O)OC[C@@H](COC(=O)CCCCCCCCC(C)C)OC(=O)CCCCCCCCCCCCCCCCC(C)C)OC(=O)CCCCCCCCCCCCCC(C)C. The second-order valence-corrected chi connectivity index (χ2v) is 34.4. The van der Waals surface area contributed by atoms with E-state index in [1.54, 1.807) is 0 Å². The van der Waals surface area contributed by atoms with Crippen LogP contribution in [0.3, 0.4) is 0 Å². The fourth-order valence-corrected chi connectivity index (χ4v) is 14.3. The summed E-state index contributed by atoms with van der Waals surface area (Å²) in [4.78, 5) is 73.0. The zero-order valence-corrected chi connectivity index (χ0v) is 69.0. The number of hydrogen-bond acceptors (Lipinski definition) is 15. The summed E-state index contributed by atoms with van der Waals surface area (Å²) in [5, 5.41) is 10.6. The summed E-state index contributed by atoms with van der Waals surface area (Å²) in [6.45, 7) is 14.3. The molecule has 0 spiro atoms. The molecule has 0 bridgehead atoms. The van der Waals surface area contributed by atoms with Crippen molar-refractivity contribution < 1.29 is 80.2 Å². The fraction of sp³-hybridized carbons (Fsp3) is 0.952. The van der Waals surface area contributed by atoms with E-state index in [1.165, 1.54) is 225 Å². The topological polar surface area (TPSA) is 237 Å². The highest BCUT2D eigenvalue weighted by Gasteiger charge is 2.30. The van der Waals surface area contributed by atoms with E-state index in [0.29, 0.717) is 31.6 Å². The van der Waals surface area contributed by atoms with Gasteiger partial charge in [-0.3, -0.25) is 37.3 Å². The molecule has 0 rings (SSSR count). The first kappa shape index (κ1) is 100. The summed E-state index contributed by atoms with van der Waals surface area (Å²) in [5.41, 5.74) is 0. The predicted molar refractivity (Wildman–Crippen MR) is 418 cm³/mol. The first-order valence-corrected chi connectivity index (χ1v) is 45.7. The third-order valence-electron chi connectivity index (χ3n) is 19.7. The molecule has 0 radical (unpaired) electrons. The van der Waals surface area contributed by atoms with Gasteiger partial charge in [0.2, 0.25) is 0 Å². The molecule has 0 aromatic carbocycles. The highest BCUT2D eigenvalue weighted by Crippen LogP contribution is 2.45. The molecule has 0 aromatic rings. The number of phosphoric acid groups is 2. The van der Waals surface area contributed by atoms with Crippen LogP contribution in [0.5, 0.6) is 0 Å². The monoisotopic (exact) mass is 1490 g/mol. The van der Waals surface area contributed by atoms with Crippen molar-refractivity contribution in [3.05, 3.63) is 0 Å². The maximum atomic E-state index is 13.1. The van der Waals surface area contributed by atoms with Crippen LogP contribution < -0.4 is 0 Å². The lowest BCUT2D eigenvalue weighted by molar-refractivity contribution is -0.161. The van der Waals surface area contributed by atoms with Crippen LogP contribution in [0.1, 0.15) is 428 Å². The summed E-state index contributed by atoms with van der Waals surface area (Å²) < 4.78 is 68.7. The molecule has 606 valence electrons. The van der Waals surface area contributed by atoms with E-state index >= 15 is 0 Å². The van der Waals surface area contributed by atoms with Gasteiger partial charge < -0.3 is 33.8 Å². The summed E-state index contributed by atoms with van der Waals surface area (Å²) in [6.07, 6.45) is 59.9. The Labute approximate surface area is 626 Å². The van der Waals surface area contributed by atoms with Crippen molar-refractivity contribution in [3.8, 4) is 0 Å². The van der Waals surface area contributed by atoms with Crippen LogP contribution in [0.15, 0.2) is 0 Å². The van der Waals surface area contributed by atoms with Crippen LogP contribution >= 0.6 is 15.6 Å². The summed E-state index contributed by atoms with van der Waals surface area (Å²) in [5.74, 6) is 0.999. The van der Waals surface area contributed by atoms with Gasteiger partial charge in [0.15, 0.2) is 12.2 Å². The van der Waals surface area contributed by atoms with Gasteiger partial charge in [0, 0.05) is 25.7 Å². The average molecular weight is 1490 g/mol. The van der Waals surface area contributed by atoms with Crippen LogP contribution in [0.2, 0.25) is 0 Å². The number of unbranched alkanes of at least 4 members (excludes halogenated alkanes) is 45. The second-order valence-electron chi connectivity index (χ2n) is 31.5. The Morgan fingerprint density at radius 2 is 0.471 bits per heavy atom. The number of esters is 4. The molecule has 0 aliphatic rings. The van der Waals surface area contributed by atoms with E-state index in [1.807, 2.05) is 0 Å². The van der Waals surface area contributed by atoms with Crippen molar-refractivity contribution in [2.45, 2.75) is 446 Å². The number of carbonyl (C=O) groups is 4. The zero-order chi connectivity index (χ0) is 75.3. The van der Waals surface area contributed by atoms with Crippen LogP contribution in [0.25, 0.3) is 0 Å². The Morgan fingerprint density at radius 1 is 0.275 bits per heavy atom. The van der Waals surface area contributed by atoms with Gasteiger partial charge in [0.25, 0.3) is 0 Å². The maximum Gasteiger partial charge on any atom is 0.472 e. The van der Waals surface area contributed by atoms with Gasteiger partial charge in [-0.25, -0.2) is 9.13 Å². The van der Waals surface area contributed by atoms with E-state index in [2.05, 4.69) is 55.4 Å². The number of phosphoric ester groups is 2. The van der Waals surface area contributed by atoms with Gasteiger partial charge in [-0.1, -0.05) is 376 Å². The van der Waals surface area contributed by atoms with Crippen molar-refractivity contribution in [2.75, 3.05) is 39.6 Å². The van der Waals surface area contributed by atoms with Gasteiger partial charge in [-0.05, 0) is 49.4 Å². The molecule has 0 aromatic heterocycles. The van der Waals surface area contributed by atoms with Crippen molar-refractivity contribution >= 4 is 39.5 Å². The molecule has 19 heteroatoms. The second kappa shape index (κ2) is 72.0. The van der Waals surface area contributed by atoms with E-state index in [9.17, 15) is 43.2 Å². The molecule has 17 nitrogen and oxygen atoms in total. The Kier molecular flexibility index (Phi) is 70.6. The van der Waals surface area contributed by atoms with E-state index in [0.717, 1.165) is 114 Å². The first-order chi connectivity index (χ1) is 49.1. The smallest absolute Gasteiger partial charge is 0.462 e. The van der Waals surface area contributed by atoms with Gasteiger partial charge in [-0.2, -0.15) is 0 Å². The zero-order valence-electron chi connectivity index (χ0n) is 67.2. The van der Waals surface area contributed by atoms with E-state index < -0.39 is 97.5 Å².